The maximum atomic E-state index is 11.9. The van der Waals surface area contributed by atoms with Gasteiger partial charge in [-0.1, -0.05) is 0 Å². The molecule has 5 N–H and O–H groups in total. The van der Waals surface area contributed by atoms with Crippen LogP contribution < -0.4 is 21.1 Å². The van der Waals surface area contributed by atoms with Gasteiger partial charge in [0.1, 0.15) is 5.69 Å². The predicted molar refractivity (Wildman–Crippen MR) is 103 cm³/mol. The van der Waals surface area contributed by atoms with Crippen LogP contribution in [0.1, 0.15) is 19.3 Å². The Balaban J connectivity index is 0.00000364. The lowest BCUT2D eigenvalue weighted by molar-refractivity contribution is -0.384. The number of rotatable bonds is 8. The molecule has 1 amide bonds. The van der Waals surface area contributed by atoms with Crippen LogP contribution >= 0.6 is 12.4 Å². The van der Waals surface area contributed by atoms with Crippen molar-refractivity contribution in [2.75, 3.05) is 31.5 Å². The quantitative estimate of drug-likeness (QED) is 0.353. The van der Waals surface area contributed by atoms with Crippen molar-refractivity contribution < 1.29 is 18.1 Å². The maximum absolute atomic E-state index is 11.9. The lowest BCUT2D eigenvalue weighted by Crippen LogP contribution is -2.38. The van der Waals surface area contributed by atoms with Gasteiger partial charge in [0.15, 0.2) is 0 Å². The first kappa shape index (κ1) is 23.1. The first-order valence-corrected chi connectivity index (χ1v) is 9.84. The van der Waals surface area contributed by atoms with E-state index in [1.54, 1.807) is 0 Å². The second-order valence-electron chi connectivity index (χ2n) is 6.17. The molecule has 0 radical (unpaired) electrons. The van der Waals surface area contributed by atoms with Gasteiger partial charge in [-0.2, -0.15) is 0 Å². The first-order chi connectivity index (χ1) is 12.3. The number of benzene rings is 1. The van der Waals surface area contributed by atoms with Crippen molar-refractivity contribution in [3.63, 3.8) is 0 Å². The normalized spacial score (nSPS) is 16.9. The highest BCUT2D eigenvalue weighted by Crippen LogP contribution is 2.27. The number of halogens is 1. The number of nitro groups is 1. The van der Waals surface area contributed by atoms with E-state index in [0.29, 0.717) is 12.5 Å². The van der Waals surface area contributed by atoms with Crippen LogP contribution in [0.2, 0.25) is 0 Å². The fourth-order valence-electron chi connectivity index (χ4n) is 2.74. The number of carbonyl (C=O) groups excluding carboxylic acids is 1. The van der Waals surface area contributed by atoms with Gasteiger partial charge in [0.2, 0.25) is 15.9 Å². The van der Waals surface area contributed by atoms with E-state index >= 15 is 0 Å². The fourth-order valence-corrected chi connectivity index (χ4v) is 3.28. The molecule has 10 nitrogen and oxygen atoms in total. The van der Waals surface area contributed by atoms with E-state index in [2.05, 4.69) is 16.0 Å². The summed E-state index contributed by atoms with van der Waals surface area (Å²) in [7, 11) is -4.03. The monoisotopic (exact) mass is 421 g/mol. The zero-order valence-electron chi connectivity index (χ0n) is 14.6. The fraction of sp³-hybridized carbons (Fsp3) is 0.533. The van der Waals surface area contributed by atoms with Crippen molar-refractivity contribution in [1.29, 1.82) is 0 Å². The molecule has 0 aromatic heterocycles. The van der Waals surface area contributed by atoms with Gasteiger partial charge in [0, 0.05) is 25.6 Å². The van der Waals surface area contributed by atoms with Crippen LogP contribution in [0.25, 0.3) is 0 Å². The summed E-state index contributed by atoms with van der Waals surface area (Å²) in [6.45, 7) is 2.69. The molecule has 1 aromatic rings. The molecule has 1 unspecified atom stereocenters. The number of carbonyl (C=O) groups is 1. The molecule has 0 saturated carbocycles. The molecular weight excluding hydrogens is 398 g/mol. The van der Waals surface area contributed by atoms with E-state index in [9.17, 15) is 23.3 Å². The van der Waals surface area contributed by atoms with E-state index in [1.165, 1.54) is 12.1 Å². The van der Waals surface area contributed by atoms with Gasteiger partial charge in [0.25, 0.3) is 5.69 Å². The average molecular weight is 422 g/mol. The van der Waals surface area contributed by atoms with Crippen LogP contribution in [0.3, 0.4) is 0 Å². The molecule has 0 spiro atoms. The van der Waals surface area contributed by atoms with E-state index in [1.807, 2.05) is 0 Å². The van der Waals surface area contributed by atoms with Gasteiger partial charge in [-0.15, -0.1) is 12.4 Å². The smallest absolute Gasteiger partial charge is 0.293 e. The molecule has 1 saturated heterocycles. The largest absolute Gasteiger partial charge is 0.379 e. The van der Waals surface area contributed by atoms with Crippen molar-refractivity contribution in [3.8, 4) is 0 Å². The Hall–Kier alpha value is -1.95. The molecule has 1 aliphatic rings. The van der Waals surface area contributed by atoms with Crippen molar-refractivity contribution in [2.45, 2.75) is 24.2 Å². The number of hydrogen-bond donors (Lipinski definition) is 4. The third-order valence-corrected chi connectivity index (χ3v) is 5.06. The molecule has 1 aromatic carbocycles. The number of anilines is 1. The van der Waals surface area contributed by atoms with Gasteiger partial charge in [-0.3, -0.25) is 14.9 Å². The highest BCUT2D eigenvalue weighted by Gasteiger charge is 2.19. The van der Waals surface area contributed by atoms with Gasteiger partial charge < -0.3 is 16.0 Å². The van der Waals surface area contributed by atoms with Crippen LogP contribution in [-0.4, -0.2) is 45.4 Å². The second-order valence-corrected chi connectivity index (χ2v) is 7.74. The summed E-state index contributed by atoms with van der Waals surface area (Å²) in [4.78, 5) is 22.0. The summed E-state index contributed by atoms with van der Waals surface area (Å²) in [6.07, 6.45) is 2.32. The summed E-state index contributed by atoms with van der Waals surface area (Å²) in [5.74, 6) is 0.277. The van der Waals surface area contributed by atoms with Crippen molar-refractivity contribution in [1.82, 2.24) is 10.6 Å². The summed E-state index contributed by atoms with van der Waals surface area (Å²) < 4.78 is 22.6. The molecular formula is C15H24ClN5O5S. The van der Waals surface area contributed by atoms with Crippen molar-refractivity contribution in [3.05, 3.63) is 28.3 Å². The molecule has 0 aliphatic carbocycles. The van der Waals surface area contributed by atoms with Gasteiger partial charge in [-0.05, 0) is 44.0 Å². The van der Waals surface area contributed by atoms with E-state index < -0.39 is 20.6 Å². The number of nitrogens with one attached hydrogen (secondary N) is 3. The summed E-state index contributed by atoms with van der Waals surface area (Å²) in [6, 6.07) is 3.35. The van der Waals surface area contributed by atoms with Crippen LogP contribution in [0.15, 0.2) is 23.1 Å². The molecule has 1 aliphatic heterocycles. The van der Waals surface area contributed by atoms with Crippen LogP contribution in [0.4, 0.5) is 11.4 Å². The number of primary sulfonamides is 1. The van der Waals surface area contributed by atoms with Gasteiger partial charge >= 0.3 is 0 Å². The SMILES string of the molecule is Cl.NS(=O)(=O)c1ccc(NCCC(=O)NCC2CCCNC2)c([N+](=O)[O-])c1. The Labute approximate surface area is 163 Å². The number of nitrogens with zero attached hydrogens (tertiary/aromatic N) is 1. The number of amides is 1. The van der Waals surface area contributed by atoms with Crippen LogP contribution in [0.5, 0.6) is 0 Å². The zero-order valence-corrected chi connectivity index (χ0v) is 16.3. The lowest BCUT2D eigenvalue weighted by atomic mass is 10.00. The molecule has 12 heteroatoms. The molecule has 1 heterocycles. The number of sulfonamides is 1. The standard InChI is InChI=1S/C15H23N5O5S.ClH/c16-26(24,25)12-3-4-13(14(8-12)20(22)23)18-7-5-15(21)19-10-11-2-1-6-17-9-11;/h3-4,8,11,17-18H,1-2,5-7,9-10H2,(H,19,21)(H2,16,24,25);1H. The van der Waals surface area contributed by atoms with Crippen molar-refractivity contribution >= 4 is 39.7 Å². The maximum Gasteiger partial charge on any atom is 0.293 e. The van der Waals surface area contributed by atoms with Crippen LogP contribution in [0, 0.1) is 16.0 Å². The Bertz CT molecular complexity index is 768. The Morgan fingerprint density at radius 1 is 1.41 bits per heavy atom. The number of nitro benzene ring substituents is 1. The molecule has 152 valence electrons. The molecule has 1 atom stereocenters. The minimum atomic E-state index is -4.03. The predicted octanol–water partition coefficient (Wildman–Crippen LogP) is 0.582. The van der Waals surface area contributed by atoms with E-state index in [4.69, 9.17) is 5.14 Å². The summed E-state index contributed by atoms with van der Waals surface area (Å²) in [5.41, 5.74) is -0.281. The topological polar surface area (TPSA) is 156 Å². The van der Waals surface area contributed by atoms with Gasteiger partial charge in [0.05, 0.1) is 9.82 Å². The first-order valence-electron chi connectivity index (χ1n) is 8.30. The van der Waals surface area contributed by atoms with Crippen LogP contribution in [-0.2, 0) is 14.8 Å². The number of nitrogens with two attached hydrogens (primary N) is 1. The van der Waals surface area contributed by atoms with Gasteiger partial charge in [-0.25, -0.2) is 13.6 Å². The zero-order chi connectivity index (χ0) is 19.2. The highest BCUT2D eigenvalue weighted by atomic mass is 35.5. The molecule has 27 heavy (non-hydrogen) atoms. The van der Waals surface area contributed by atoms with E-state index in [0.717, 1.165) is 32.0 Å². The molecule has 2 rings (SSSR count). The van der Waals surface area contributed by atoms with Crippen molar-refractivity contribution in [2.24, 2.45) is 11.1 Å². The Morgan fingerprint density at radius 2 is 2.15 bits per heavy atom. The molecule has 0 bridgehead atoms. The third-order valence-electron chi connectivity index (χ3n) is 4.15. The second kappa shape index (κ2) is 10.4. The Kier molecular flexibility index (Phi) is 8.89. The lowest BCUT2D eigenvalue weighted by Gasteiger charge is -2.22. The number of piperidine rings is 1. The number of hydrogen-bond acceptors (Lipinski definition) is 7. The minimum Gasteiger partial charge on any atom is -0.379 e. The highest BCUT2D eigenvalue weighted by molar-refractivity contribution is 7.89. The summed E-state index contributed by atoms with van der Waals surface area (Å²) in [5, 5.41) is 25.0. The third kappa shape index (κ3) is 7.29. The average Bonchev–Trinajstić information content (AvgIpc) is 2.60. The van der Waals surface area contributed by atoms with E-state index in [-0.39, 0.29) is 41.9 Å². The minimum absolute atomic E-state index is 0. The Morgan fingerprint density at radius 3 is 2.74 bits per heavy atom. The molecule has 1 fully saturated rings. The summed E-state index contributed by atoms with van der Waals surface area (Å²) >= 11 is 0.